The highest BCUT2D eigenvalue weighted by Gasteiger charge is 2.18. The molecule has 0 unspecified atom stereocenters. The van der Waals surface area contributed by atoms with Crippen LogP contribution in [-0.4, -0.2) is 37.9 Å². The average Bonchev–Trinajstić information content (AvgIpc) is 4.27. The minimum Gasteiger partial charge on any atom is -0.302 e. The Bertz CT molecular complexity index is 4540. The third kappa shape index (κ3) is 6.15. The highest BCUT2D eigenvalue weighted by atomic mass is 15.2. The third-order valence-electron chi connectivity index (χ3n) is 13.9. The molecular weight excluding hydrogens is 885 g/mol. The van der Waals surface area contributed by atoms with Crippen molar-refractivity contribution in [1.82, 2.24) is 37.9 Å². The van der Waals surface area contributed by atoms with E-state index in [1.54, 1.807) is 0 Å². The molecule has 15 rings (SSSR count). The van der Waals surface area contributed by atoms with Crippen molar-refractivity contribution in [3.05, 3.63) is 244 Å². The third-order valence-corrected chi connectivity index (χ3v) is 13.9. The van der Waals surface area contributed by atoms with Gasteiger partial charge in [0.15, 0.2) is 0 Å². The molecule has 0 fully saturated rings. The number of hydrogen-bond donors (Lipinski definition) is 0. The first-order chi connectivity index (χ1) is 35.7. The molecule has 7 aromatic heterocycles. The predicted octanol–water partition coefficient (Wildman–Crippen LogP) is 12.5. The average molecular weight is 923 g/mol. The minimum atomic E-state index is 0.550. The number of benzene rings is 8. The second-order valence-corrected chi connectivity index (χ2v) is 18.0. The van der Waals surface area contributed by atoms with Gasteiger partial charge in [0.1, 0.15) is 0 Å². The molecule has 10 heteroatoms. The van der Waals surface area contributed by atoms with Crippen molar-refractivity contribution in [1.29, 1.82) is 0 Å². The summed E-state index contributed by atoms with van der Waals surface area (Å²) in [5.74, 6) is 1.10. The summed E-state index contributed by atoms with van der Waals surface area (Å²) in [7, 11) is 0. The first kappa shape index (κ1) is 39.9. The van der Waals surface area contributed by atoms with E-state index < -0.39 is 0 Å². The number of fused-ring (bicyclic) bond motifs is 26. The fourth-order valence-electron chi connectivity index (χ4n) is 10.7. The molecular formula is C62H38N10. The van der Waals surface area contributed by atoms with E-state index in [-0.39, 0.29) is 0 Å². The van der Waals surface area contributed by atoms with Gasteiger partial charge in [-0.2, -0.15) is 0 Å². The Hall–Kier alpha value is -10.1. The lowest BCUT2D eigenvalue weighted by atomic mass is 10.1. The first-order valence-electron chi connectivity index (χ1n) is 23.9. The zero-order valence-electron chi connectivity index (χ0n) is 38.4. The molecule has 0 saturated heterocycles. The number of nitrogens with zero attached hydrogens (tertiary/aromatic N) is 10. The Balaban J connectivity index is 1.18. The van der Waals surface area contributed by atoms with Crippen molar-refractivity contribution < 1.29 is 8.80 Å². The normalized spacial score (nSPS) is 11.9. The molecule has 0 saturated carbocycles. The summed E-state index contributed by atoms with van der Waals surface area (Å²) < 4.78 is 12.5. The molecule has 72 heavy (non-hydrogen) atoms. The second kappa shape index (κ2) is 15.7. The van der Waals surface area contributed by atoms with Gasteiger partial charge in [0, 0.05) is 67.9 Å². The van der Waals surface area contributed by atoms with Crippen LogP contribution in [0, 0.1) is 12.7 Å². The summed E-state index contributed by atoms with van der Waals surface area (Å²) in [5, 5.41) is 8.12. The highest BCUT2D eigenvalue weighted by molar-refractivity contribution is 6.11. The lowest BCUT2D eigenvalue weighted by molar-refractivity contribution is -0.514. The van der Waals surface area contributed by atoms with Crippen LogP contribution in [0.4, 0.5) is 0 Å². The minimum absolute atomic E-state index is 0.550. The topological polar surface area (TPSA) is 78.4 Å². The van der Waals surface area contributed by atoms with Crippen LogP contribution in [0.15, 0.2) is 231 Å². The molecule has 0 amide bonds. The van der Waals surface area contributed by atoms with Crippen molar-refractivity contribution in [3.63, 3.8) is 0 Å². The molecule has 0 aliphatic heterocycles. The molecule has 8 aromatic carbocycles. The Morgan fingerprint density at radius 1 is 0.292 bits per heavy atom. The van der Waals surface area contributed by atoms with Crippen LogP contribution in [0.3, 0.4) is 0 Å². The number of rotatable bonds is 2. The maximum absolute atomic E-state index is 5.57. The number of para-hydroxylation sites is 8. The number of aromatic nitrogens is 10. The van der Waals surface area contributed by atoms with E-state index in [1.165, 1.54) is 0 Å². The van der Waals surface area contributed by atoms with Crippen molar-refractivity contribution in [2.24, 2.45) is 0 Å². The van der Waals surface area contributed by atoms with Gasteiger partial charge in [0.05, 0.1) is 66.2 Å². The van der Waals surface area contributed by atoms with Gasteiger partial charge < -0.3 is 8.80 Å². The molecule has 0 atom stereocenters. The summed E-state index contributed by atoms with van der Waals surface area (Å²) in [6.45, 7) is 0. The Morgan fingerprint density at radius 3 is 0.931 bits per heavy atom. The van der Waals surface area contributed by atoms with E-state index >= 15 is 0 Å². The summed E-state index contributed by atoms with van der Waals surface area (Å²) in [5.41, 5.74) is 10.7. The van der Waals surface area contributed by atoms with Crippen LogP contribution in [0.2, 0.25) is 0 Å². The molecule has 0 spiro atoms. The van der Waals surface area contributed by atoms with Gasteiger partial charge in [-0.05, 0) is 48.5 Å². The molecule has 10 nitrogen and oxygen atoms in total. The fourth-order valence-corrected chi connectivity index (χ4v) is 10.7. The van der Waals surface area contributed by atoms with Gasteiger partial charge in [0.25, 0.3) is 12.7 Å². The predicted molar refractivity (Wildman–Crippen MR) is 286 cm³/mol. The lowest BCUT2D eigenvalue weighted by Gasteiger charge is -2.10. The van der Waals surface area contributed by atoms with E-state index in [0.717, 1.165) is 109 Å². The fraction of sp³-hybridized carbons (Fsp3) is 0. The maximum atomic E-state index is 5.57. The molecule has 0 radical (unpaired) electrons. The van der Waals surface area contributed by atoms with Crippen molar-refractivity contribution in [2.75, 3.05) is 0 Å². The monoisotopic (exact) mass is 922 g/mol. The first-order valence-corrected chi connectivity index (χ1v) is 23.9. The van der Waals surface area contributed by atoms with Gasteiger partial charge in [0.2, 0.25) is 11.9 Å². The van der Waals surface area contributed by atoms with Crippen LogP contribution >= 0.6 is 0 Å². The molecule has 7 heterocycles. The summed E-state index contributed by atoms with van der Waals surface area (Å²) in [6.07, 6.45) is 15.5. The number of imidazole rings is 2. The number of hydrogen-bond acceptors (Lipinski definition) is 4. The zero-order chi connectivity index (χ0) is 47.3. The standard InChI is InChI=1S/C62H38N10/c1-2-18-42-41(17-1)49-37-51(65-61(63-49)71-55-27-11-3-19-43(55)44-20-4-12-28-56(44)71)47-23-7-9-25-53(47)67-33-35-69(39-67)59-31-15-16-32-60(59)70-36-34-68(40-70)54-26-10-8-24-48(54)52-38-50(42)64-62(66-52)72-57-29-13-5-21-45(57)46-22-6-14-30-58(46)72/h1-38H. The Morgan fingerprint density at radius 2 is 0.569 bits per heavy atom. The van der Waals surface area contributed by atoms with Crippen LogP contribution in [0.5, 0.6) is 0 Å². The highest BCUT2D eigenvalue weighted by Crippen LogP contribution is 2.34. The van der Waals surface area contributed by atoms with E-state index in [1.807, 2.05) is 54.5 Å². The van der Waals surface area contributed by atoms with E-state index in [9.17, 15) is 0 Å². The van der Waals surface area contributed by atoms with Crippen LogP contribution in [0.1, 0.15) is 0 Å². The van der Waals surface area contributed by atoms with Crippen LogP contribution < -0.4 is 8.80 Å². The molecule has 0 aliphatic rings. The van der Waals surface area contributed by atoms with Gasteiger partial charge in [-0.3, -0.25) is 17.9 Å². The van der Waals surface area contributed by atoms with E-state index in [2.05, 4.69) is 216 Å². The van der Waals surface area contributed by atoms with Crippen molar-refractivity contribution >= 4 is 109 Å². The summed E-state index contributed by atoms with van der Waals surface area (Å²) >= 11 is 0. The SMILES string of the molecule is [c-]1n2cc[n+]1c1ccccc1c1cc(nc(-n3c4ccccc4c4ccccc43)n1)c1ccccc1c1cc(nc(-n3c4ccccc4c4ccccc43)n1)c1ccccc1[n+]1[c-]n(cc1)c1ccccc12. The zero-order valence-corrected chi connectivity index (χ0v) is 38.4. The molecule has 8 bridgehead atoms. The van der Waals surface area contributed by atoms with Gasteiger partial charge in [-0.15, -0.1) is 0 Å². The molecule has 0 N–H and O–H groups in total. The van der Waals surface area contributed by atoms with Gasteiger partial charge >= 0.3 is 0 Å². The van der Waals surface area contributed by atoms with Crippen molar-refractivity contribution in [3.8, 4) is 11.9 Å². The van der Waals surface area contributed by atoms with Crippen molar-refractivity contribution in [2.45, 2.75) is 0 Å². The summed E-state index contributed by atoms with van der Waals surface area (Å²) in [4.78, 5) is 22.2. The lowest BCUT2D eigenvalue weighted by Crippen LogP contribution is -2.17. The second-order valence-electron chi connectivity index (χ2n) is 18.0. The van der Waals surface area contributed by atoms with E-state index in [0.29, 0.717) is 11.9 Å². The smallest absolute Gasteiger partial charge is 0.268 e. The maximum Gasteiger partial charge on any atom is 0.268 e. The Kier molecular flexibility index (Phi) is 8.72. The molecule has 0 aliphatic carbocycles. The largest absolute Gasteiger partial charge is 0.302 e. The Labute approximate surface area is 409 Å². The molecule has 15 aromatic rings. The summed E-state index contributed by atoms with van der Waals surface area (Å²) in [6, 6.07) is 71.6. The quantitative estimate of drug-likeness (QED) is 0.128. The van der Waals surface area contributed by atoms with Gasteiger partial charge in [-0.25, -0.2) is 19.9 Å². The van der Waals surface area contributed by atoms with E-state index in [4.69, 9.17) is 19.9 Å². The van der Waals surface area contributed by atoms with Crippen LogP contribution in [0.25, 0.3) is 121 Å². The molecule has 336 valence electrons. The van der Waals surface area contributed by atoms with Gasteiger partial charge in [-0.1, -0.05) is 158 Å². The van der Waals surface area contributed by atoms with Crippen LogP contribution in [-0.2, 0) is 0 Å².